The molecular formula is C13H23NO4. The molecule has 0 N–H and O–H groups in total. The van der Waals surface area contributed by atoms with E-state index in [0.717, 1.165) is 19.1 Å². The summed E-state index contributed by atoms with van der Waals surface area (Å²) < 4.78 is 10.9. The van der Waals surface area contributed by atoms with Gasteiger partial charge in [0.1, 0.15) is 11.9 Å². The maximum Gasteiger partial charge on any atom is 0.410 e. The van der Waals surface area contributed by atoms with E-state index in [2.05, 4.69) is 0 Å². The van der Waals surface area contributed by atoms with Gasteiger partial charge in [-0.1, -0.05) is 0 Å². The van der Waals surface area contributed by atoms with Crippen LogP contribution in [0.15, 0.2) is 0 Å². The summed E-state index contributed by atoms with van der Waals surface area (Å²) >= 11 is 0. The first-order valence-corrected chi connectivity index (χ1v) is 6.45. The van der Waals surface area contributed by atoms with Crippen LogP contribution in [0.25, 0.3) is 0 Å². The normalized spacial score (nSPS) is 17.6. The molecule has 0 spiro atoms. The third-order valence-electron chi connectivity index (χ3n) is 2.68. The molecule has 1 amide bonds. The molecule has 104 valence electrons. The number of carbonyl (C=O) groups is 2. The maximum absolute atomic E-state index is 11.8. The van der Waals surface area contributed by atoms with Gasteiger partial charge in [0.25, 0.3) is 0 Å². The van der Waals surface area contributed by atoms with Crippen LogP contribution < -0.4 is 0 Å². The lowest BCUT2D eigenvalue weighted by Crippen LogP contribution is -2.43. The molecule has 1 rings (SSSR count). The zero-order valence-corrected chi connectivity index (χ0v) is 11.5. The Morgan fingerprint density at radius 1 is 1.33 bits per heavy atom. The van der Waals surface area contributed by atoms with Crippen LogP contribution in [0.5, 0.6) is 0 Å². The second-order valence-corrected chi connectivity index (χ2v) is 5.49. The van der Waals surface area contributed by atoms with Crippen LogP contribution in [0.3, 0.4) is 0 Å². The Labute approximate surface area is 108 Å². The topological polar surface area (TPSA) is 55.8 Å². The molecule has 0 aromatic heterocycles. The van der Waals surface area contributed by atoms with Gasteiger partial charge < -0.3 is 19.2 Å². The van der Waals surface area contributed by atoms with Crippen LogP contribution >= 0.6 is 0 Å². The van der Waals surface area contributed by atoms with Crippen molar-refractivity contribution in [3.05, 3.63) is 0 Å². The standard InChI is InChI=1S/C13H23NO4/c1-13(2,3)18-12(16)14-7-5-11(6-8-14)17-10-4-9-15/h9,11H,4-8,10H2,1-3H3. The smallest absolute Gasteiger partial charge is 0.410 e. The summed E-state index contributed by atoms with van der Waals surface area (Å²) in [4.78, 5) is 23.7. The van der Waals surface area contributed by atoms with Gasteiger partial charge in [-0.3, -0.25) is 0 Å². The number of hydrogen-bond acceptors (Lipinski definition) is 4. The van der Waals surface area contributed by atoms with Crippen molar-refractivity contribution in [1.82, 2.24) is 4.90 Å². The van der Waals surface area contributed by atoms with Crippen LogP contribution in [-0.2, 0) is 14.3 Å². The van der Waals surface area contributed by atoms with Gasteiger partial charge in [0.05, 0.1) is 12.7 Å². The van der Waals surface area contributed by atoms with Crippen molar-refractivity contribution >= 4 is 12.4 Å². The van der Waals surface area contributed by atoms with E-state index in [-0.39, 0.29) is 12.2 Å². The lowest BCUT2D eigenvalue weighted by molar-refractivity contribution is -0.109. The van der Waals surface area contributed by atoms with Crippen molar-refractivity contribution in [2.75, 3.05) is 19.7 Å². The predicted molar refractivity (Wildman–Crippen MR) is 67.5 cm³/mol. The summed E-state index contributed by atoms with van der Waals surface area (Å²) in [6.07, 6.45) is 2.80. The summed E-state index contributed by atoms with van der Waals surface area (Å²) in [5, 5.41) is 0. The van der Waals surface area contributed by atoms with Crippen LogP contribution in [0.2, 0.25) is 0 Å². The van der Waals surface area contributed by atoms with Gasteiger partial charge in [0, 0.05) is 19.5 Å². The molecule has 0 aromatic rings. The van der Waals surface area contributed by atoms with Gasteiger partial charge in [-0.25, -0.2) is 4.79 Å². The summed E-state index contributed by atoms with van der Waals surface area (Å²) in [5.41, 5.74) is -0.450. The van der Waals surface area contributed by atoms with Crippen molar-refractivity contribution in [3.63, 3.8) is 0 Å². The molecule has 1 saturated heterocycles. The van der Waals surface area contributed by atoms with Crippen molar-refractivity contribution in [2.24, 2.45) is 0 Å². The van der Waals surface area contributed by atoms with Crippen LogP contribution in [0.4, 0.5) is 4.79 Å². The second kappa shape index (κ2) is 6.73. The Bertz CT molecular complexity index is 277. The molecule has 0 saturated carbocycles. The molecule has 1 fully saturated rings. The number of hydrogen-bond donors (Lipinski definition) is 0. The first-order chi connectivity index (χ1) is 8.42. The lowest BCUT2D eigenvalue weighted by Gasteiger charge is -2.33. The van der Waals surface area contributed by atoms with E-state index >= 15 is 0 Å². The molecule has 5 nitrogen and oxygen atoms in total. The predicted octanol–water partition coefficient (Wildman–Crippen LogP) is 1.99. The van der Waals surface area contributed by atoms with E-state index in [9.17, 15) is 9.59 Å². The van der Waals surface area contributed by atoms with Crippen molar-refractivity contribution < 1.29 is 19.1 Å². The van der Waals surface area contributed by atoms with Crippen molar-refractivity contribution in [3.8, 4) is 0 Å². The number of piperidine rings is 1. The van der Waals surface area contributed by atoms with E-state index in [1.54, 1.807) is 4.90 Å². The number of carbonyl (C=O) groups excluding carboxylic acids is 2. The summed E-state index contributed by atoms with van der Waals surface area (Å²) in [7, 11) is 0. The number of amides is 1. The molecule has 1 aliphatic heterocycles. The van der Waals surface area contributed by atoms with Crippen molar-refractivity contribution in [1.29, 1.82) is 0 Å². The fourth-order valence-corrected chi connectivity index (χ4v) is 1.81. The van der Waals surface area contributed by atoms with Crippen molar-refractivity contribution in [2.45, 2.75) is 51.7 Å². The fraction of sp³-hybridized carbons (Fsp3) is 0.846. The van der Waals surface area contributed by atoms with Crippen LogP contribution in [-0.4, -0.2) is 48.7 Å². The average molecular weight is 257 g/mol. The Balaban J connectivity index is 2.26. The van der Waals surface area contributed by atoms with E-state index in [4.69, 9.17) is 9.47 Å². The maximum atomic E-state index is 11.8. The van der Waals surface area contributed by atoms with Gasteiger partial charge in [0.15, 0.2) is 0 Å². The Morgan fingerprint density at radius 2 is 1.94 bits per heavy atom. The summed E-state index contributed by atoms with van der Waals surface area (Å²) in [6.45, 7) is 7.36. The van der Waals surface area contributed by atoms with E-state index < -0.39 is 5.60 Å². The zero-order valence-electron chi connectivity index (χ0n) is 11.5. The van der Waals surface area contributed by atoms with Crippen LogP contribution in [0, 0.1) is 0 Å². The highest BCUT2D eigenvalue weighted by Crippen LogP contribution is 2.17. The monoisotopic (exact) mass is 257 g/mol. The number of likely N-dealkylation sites (tertiary alicyclic amines) is 1. The molecule has 0 aromatic carbocycles. The minimum Gasteiger partial charge on any atom is -0.444 e. The van der Waals surface area contributed by atoms with E-state index in [0.29, 0.717) is 26.1 Å². The molecule has 1 heterocycles. The second-order valence-electron chi connectivity index (χ2n) is 5.49. The van der Waals surface area contributed by atoms with Gasteiger partial charge >= 0.3 is 6.09 Å². The van der Waals surface area contributed by atoms with E-state index in [1.807, 2.05) is 20.8 Å². The third kappa shape index (κ3) is 5.49. The summed E-state index contributed by atoms with van der Waals surface area (Å²) in [6, 6.07) is 0. The van der Waals surface area contributed by atoms with E-state index in [1.165, 1.54) is 0 Å². The molecule has 0 radical (unpaired) electrons. The molecule has 0 bridgehead atoms. The highest BCUT2D eigenvalue weighted by atomic mass is 16.6. The molecule has 0 atom stereocenters. The van der Waals surface area contributed by atoms with Gasteiger partial charge in [-0.15, -0.1) is 0 Å². The largest absolute Gasteiger partial charge is 0.444 e. The molecular weight excluding hydrogens is 234 g/mol. The first-order valence-electron chi connectivity index (χ1n) is 6.45. The average Bonchev–Trinajstić information content (AvgIpc) is 2.28. The number of aldehydes is 1. The Kier molecular flexibility index (Phi) is 5.59. The Morgan fingerprint density at radius 3 is 2.44 bits per heavy atom. The van der Waals surface area contributed by atoms with Gasteiger partial charge in [-0.05, 0) is 33.6 Å². The molecule has 1 aliphatic rings. The minimum atomic E-state index is -0.450. The summed E-state index contributed by atoms with van der Waals surface area (Å²) in [5.74, 6) is 0. The molecule has 18 heavy (non-hydrogen) atoms. The number of ether oxygens (including phenoxy) is 2. The van der Waals surface area contributed by atoms with Gasteiger partial charge in [-0.2, -0.15) is 0 Å². The quantitative estimate of drug-likeness (QED) is 0.571. The first kappa shape index (κ1) is 15.0. The lowest BCUT2D eigenvalue weighted by atomic mass is 10.1. The third-order valence-corrected chi connectivity index (χ3v) is 2.68. The number of rotatable bonds is 4. The number of nitrogens with zero attached hydrogens (tertiary/aromatic N) is 1. The minimum absolute atomic E-state index is 0.156. The van der Waals surface area contributed by atoms with Gasteiger partial charge in [0.2, 0.25) is 0 Å². The van der Waals surface area contributed by atoms with Crippen LogP contribution in [0.1, 0.15) is 40.0 Å². The highest BCUT2D eigenvalue weighted by Gasteiger charge is 2.26. The highest BCUT2D eigenvalue weighted by molar-refractivity contribution is 5.68. The fourth-order valence-electron chi connectivity index (χ4n) is 1.81. The Hall–Kier alpha value is -1.10. The SMILES string of the molecule is CC(C)(C)OC(=O)N1CCC(OCCC=O)CC1. The molecule has 5 heteroatoms. The molecule has 0 unspecified atom stereocenters. The zero-order chi connectivity index (χ0) is 13.6. The molecule has 0 aliphatic carbocycles.